The van der Waals surface area contributed by atoms with Gasteiger partial charge in [0.15, 0.2) is 0 Å². The highest BCUT2D eigenvalue weighted by Crippen LogP contribution is 2.20. The lowest BCUT2D eigenvalue weighted by Gasteiger charge is -2.35. The van der Waals surface area contributed by atoms with Crippen molar-refractivity contribution in [3.63, 3.8) is 0 Å². The highest BCUT2D eigenvalue weighted by Gasteiger charge is 2.18. The van der Waals surface area contributed by atoms with Crippen molar-refractivity contribution in [2.75, 3.05) is 31.1 Å². The zero-order valence-corrected chi connectivity index (χ0v) is 11.1. The molecule has 0 bridgehead atoms. The maximum Gasteiger partial charge on any atom is 0.219 e. The number of benzene rings is 1. The quantitative estimate of drug-likeness (QED) is 0.852. The fourth-order valence-corrected chi connectivity index (χ4v) is 2.39. The first kappa shape index (κ1) is 12.9. The van der Waals surface area contributed by atoms with Crippen molar-refractivity contribution < 1.29 is 4.79 Å². The molecule has 0 unspecified atom stereocenters. The van der Waals surface area contributed by atoms with Crippen LogP contribution in [0.25, 0.3) is 0 Å². The number of carbonyl (C=O) groups excluding carboxylic acids is 1. The first-order valence-corrected chi connectivity index (χ1v) is 6.42. The van der Waals surface area contributed by atoms with E-state index in [1.54, 1.807) is 6.92 Å². The normalized spacial score (nSPS) is 15.9. The Hall–Kier alpha value is -1.55. The lowest BCUT2D eigenvalue weighted by Crippen LogP contribution is -2.48. The molecule has 0 saturated carbocycles. The summed E-state index contributed by atoms with van der Waals surface area (Å²) in [7, 11) is 0. The van der Waals surface area contributed by atoms with Gasteiger partial charge in [-0.05, 0) is 30.2 Å². The number of anilines is 1. The molecule has 0 aliphatic carbocycles. The topological polar surface area (TPSA) is 49.6 Å². The second-order valence-electron chi connectivity index (χ2n) is 4.81. The van der Waals surface area contributed by atoms with Crippen molar-refractivity contribution >= 4 is 11.6 Å². The third-order valence-corrected chi connectivity index (χ3v) is 3.64. The second-order valence-corrected chi connectivity index (χ2v) is 4.81. The van der Waals surface area contributed by atoms with Gasteiger partial charge >= 0.3 is 0 Å². The van der Waals surface area contributed by atoms with E-state index in [9.17, 15) is 4.79 Å². The van der Waals surface area contributed by atoms with Crippen molar-refractivity contribution in [2.45, 2.75) is 20.4 Å². The Morgan fingerprint density at radius 2 is 1.94 bits per heavy atom. The van der Waals surface area contributed by atoms with Gasteiger partial charge in [-0.15, -0.1) is 0 Å². The van der Waals surface area contributed by atoms with E-state index in [0.717, 1.165) is 26.2 Å². The third kappa shape index (κ3) is 2.64. The van der Waals surface area contributed by atoms with Crippen LogP contribution in [-0.4, -0.2) is 37.0 Å². The van der Waals surface area contributed by atoms with E-state index in [2.05, 4.69) is 30.0 Å². The smallest absolute Gasteiger partial charge is 0.219 e. The Bertz CT molecular complexity index is 437. The monoisotopic (exact) mass is 247 g/mol. The molecule has 1 heterocycles. The van der Waals surface area contributed by atoms with Gasteiger partial charge in [0.2, 0.25) is 5.91 Å². The van der Waals surface area contributed by atoms with Crippen LogP contribution in [0.2, 0.25) is 0 Å². The number of rotatable bonds is 2. The molecule has 0 spiro atoms. The lowest BCUT2D eigenvalue weighted by molar-refractivity contribution is -0.129. The van der Waals surface area contributed by atoms with E-state index in [-0.39, 0.29) is 5.91 Å². The Morgan fingerprint density at radius 3 is 2.44 bits per heavy atom. The van der Waals surface area contributed by atoms with Gasteiger partial charge in [0, 0.05) is 45.3 Å². The van der Waals surface area contributed by atoms with Crippen molar-refractivity contribution in [3.05, 3.63) is 29.3 Å². The number of aryl methyl sites for hydroxylation is 1. The van der Waals surface area contributed by atoms with Crippen LogP contribution in [0.5, 0.6) is 0 Å². The second kappa shape index (κ2) is 5.40. The molecule has 0 aromatic heterocycles. The highest BCUT2D eigenvalue weighted by molar-refractivity contribution is 5.73. The maximum atomic E-state index is 11.3. The molecule has 18 heavy (non-hydrogen) atoms. The summed E-state index contributed by atoms with van der Waals surface area (Å²) in [6.07, 6.45) is 0. The Balaban J connectivity index is 2.05. The lowest BCUT2D eigenvalue weighted by atomic mass is 10.1. The first-order valence-electron chi connectivity index (χ1n) is 6.42. The van der Waals surface area contributed by atoms with Gasteiger partial charge in [-0.25, -0.2) is 0 Å². The van der Waals surface area contributed by atoms with Gasteiger partial charge in [-0.1, -0.05) is 6.07 Å². The minimum absolute atomic E-state index is 0.171. The Labute approximate surface area is 108 Å². The maximum absolute atomic E-state index is 11.3. The Kier molecular flexibility index (Phi) is 3.87. The molecule has 1 fully saturated rings. The summed E-state index contributed by atoms with van der Waals surface area (Å²) in [5.41, 5.74) is 9.34. The van der Waals surface area contributed by atoms with Crippen LogP contribution >= 0.6 is 0 Å². The van der Waals surface area contributed by atoms with E-state index in [0.29, 0.717) is 6.54 Å². The van der Waals surface area contributed by atoms with Gasteiger partial charge < -0.3 is 15.5 Å². The van der Waals surface area contributed by atoms with Crippen LogP contribution in [0, 0.1) is 6.92 Å². The molecule has 1 aromatic carbocycles. The van der Waals surface area contributed by atoms with Gasteiger partial charge in [0.05, 0.1) is 0 Å². The van der Waals surface area contributed by atoms with Crippen molar-refractivity contribution in [3.8, 4) is 0 Å². The van der Waals surface area contributed by atoms with E-state index in [4.69, 9.17) is 5.73 Å². The first-order chi connectivity index (χ1) is 8.61. The van der Waals surface area contributed by atoms with E-state index in [1.165, 1.54) is 16.8 Å². The van der Waals surface area contributed by atoms with E-state index >= 15 is 0 Å². The number of amides is 1. The largest absolute Gasteiger partial charge is 0.368 e. The van der Waals surface area contributed by atoms with Gasteiger partial charge in [0.25, 0.3) is 0 Å². The molecular formula is C14H21N3O. The van der Waals surface area contributed by atoms with Crippen molar-refractivity contribution in [1.29, 1.82) is 0 Å². The molecule has 4 nitrogen and oxygen atoms in total. The molecule has 1 amide bonds. The van der Waals surface area contributed by atoms with Gasteiger partial charge in [0.1, 0.15) is 0 Å². The highest BCUT2D eigenvalue weighted by atomic mass is 16.2. The summed E-state index contributed by atoms with van der Waals surface area (Å²) in [4.78, 5) is 15.5. The molecule has 2 N–H and O–H groups in total. The zero-order valence-electron chi connectivity index (χ0n) is 11.1. The molecule has 2 rings (SSSR count). The molecule has 98 valence electrons. The van der Waals surface area contributed by atoms with Crippen molar-refractivity contribution in [1.82, 2.24) is 4.90 Å². The predicted molar refractivity (Wildman–Crippen MR) is 73.5 cm³/mol. The molecule has 0 atom stereocenters. The minimum Gasteiger partial charge on any atom is -0.368 e. The Morgan fingerprint density at radius 1 is 1.28 bits per heavy atom. The fourth-order valence-electron chi connectivity index (χ4n) is 2.39. The zero-order chi connectivity index (χ0) is 13.1. The summed E-state index contributed by atoms with van der Waals surface area (Å²) in [5.74, 6) is 0.171. The third-order valence-electron chi connectivity index (χ3n) is 3.64. The molecule has 0 radical (unpaired) electrons. The molecule has 1 saturated heterocycles. The number of nitrogens with zero attached hydrogens (tertiary/aromatic N) is 2. The fraction of sp³-hybridized carbons (Fsp3) is 0.500. The van der Waals surface area contributed by atoms with Crippen molar-refractivity contribution in [2.24, 2.45) is 5.73 Å². The summed E-state index contributed by atoms with van der Waals surface area (Å²) in [5, 5.41) is 0. The molecule has 4 heteroatoms. The summed E-state index contributed by atoms with van der Waals surface area (Å²) in [6.45, 7) is 7.75. The van der Waals surface area contributed by atoms with Gasteiger partial charge in [-0.3, -0.25) is 4.79 Å². The van der Waals surface area contributed by atoms with E-state index in [1.807, 2.05) is 4.90 Å². The average molecular weight is 247 g/mol. The van der Waals surface area contributed by atoms with Crippen LogP contribution in [0.1, 0.15) is 18.1 Å². The van der Waals surface area contributed by atoms with Crippen LogP contribution in [0.15, 0.2) is 18.2 Å². The predicted octanol–water partition coefficient (Wildman–Crippen LogP) is 1.12. The van der Waals surface area contributed by atoms with Crippen LogP contribution in [0.3, 0.4) is 0 Å². The number of nitrogens with two attached hydrogens (primary N) is 1. The van der Waals surface area contributed by atoms with Crippen LogP contribution in [-0.2, 0) is 11.3 Å². The number of hydrogen-bond donors (Lipinski definition) is 1. The number of carbonyl (C=O) groups is 1. The number of piperazine rings is 1. The van der Waals surface area contributed by atoms with Gasteiger partial charge in [-0.2, -0.15) is 0 Å². The molecule has 1 aliphatic heterocycles. The summed E-state index contributed by atoms with van der Waals surface area (Å²) >= 11 is 0. The summed E-state index contributed by atoms with van der Waals surface area (Å²) < 4.78 is 0. The van der Waals surface area contributed by atoms with E-state index < -0.39 is 0 Å². The SMILES string of the molecule is CC(=O)N1CCN(c2ccc(CN)c(C)c2)CC1. The molecule has 1 aromatic rings. The van der Waals surface area contributed by atoms with Crippen LogP contribution < -0.4 is 10.6 Å². The molecule has 1 aliphatic rings. The average Bonchev–Trinajstić information content (AvgIpc) is 2.38. The van der Waals surface area contributed by atoms with Crippen LogP contribution in [0.4, 0.5) is 5.69 Å². The minimum atomic E-state index is 0.171. The summed E-state index contributed by atoms with van der Waals surface area (Å²) in [6, 6.07) is 6.41. The number of hydrogen-bond acceptors (Lipinski definition) is 3. The molecular weight excluding hydrogens is 226 g/mol. The standard InChI is InChI=1S/C14H21N3O/c1-11-9-14(4-3-13(11)10-15)17-7-5-16(6-8-17)12(2)18/h3-4,9H,5-8,10,15H2,1-2H3.